The van der Waals surface area contributed by atoms with Crippen LogP contribution in [0.15, 0.2) is 16.9 Å². The zero-order valence-corrected chi connectivity index (χ0v) is 10.8. The Morgan fingerprint density at radius 2 is 2.37 bits per heavy atom. The average Bonchev–Trinajstić information content (AvgIpc) is 2.83. The van der Waals surface area contributed by atoms with Crippen LogP contribution >= 0.6 is 0 Å². The standard InChI is InChI=1S/C12H17N3O4/c1-19-7-6-15-11(17)3-2-10(13-15)12(18)14-5-4-9(16)8-14/h2-3,9,16H,4-8H2,1H3. The molecular formula is C12H17N3O4. The van der Waals surface area contributed by atoms with Gasteiger partial charge in [0.1, 0.15) is 5.69 Å². The number of hydrogen-bond acceptors (Lipinski definition) is 5. The van der Waals surface area contributed by atoms with Crippen molar-refractivity contribution in [1.29, 1.82) is 0 Å². The monoisotopic (exact) mass is 267 g/mol. The first-order valence-corrected chi connectivity index (χ1v) is 6.16. The highest BCUT2D eigenvalue weighted by molar-refractivity contribution is 5.92. The van der Waals surface area contributed by atoms with Crippen LogP contribution in [0.1, 0.15) is 16.9 Å². The van der Waals surface area contributed by atoms with Crippen molar-refractivity contribution in [2.45, 2.75) is 19.1 Å². The minimum absolute atomic E-state index is 0.213. The third kappa shape index (κ3) is 3.18. The number of ether oxygens (including phenoxy) is 1. The van der Waals surface area contributed by atoms with E-state index in [1.165, 1.54) is 28.8 Å². The average molecular weight is 267 g/mol. The SMILES string of the molecule is COCCn1nc(C(=O)N2CCC(O)C2)ccc1=O. The highest BCUT2D eigenvalue weighted by Crippen LogP contribution is 2.11. The number of likely N-dealkylation sites (tertiary alicyclic amines) is 1. The normalized spacial score (nSPS) is 18.8. The molecule has 1 saturated heterocycles. The van der Waals surface area contributed by atoms with E-state index < -0.39 is 6.10 Å². The topological polar surface area (TPSA) is 84.7 Å². The molecule has 0 bridgehead atoms. The Hall–Kier alpha value is -1.73. The molecule has 1 atom stereocenters. The number of carbonyl (C=O) groups is 1. The molecular weight excluding hydrogens is 250 g/mol. The number of aromatic nitrogens is 2. The van der Waals surface area contributed by atoms with Crippen molar-refractivity contribution < 1.29 is 14.6 Å². The maximum absolute atomic E-state index is 12.1. The van der Waals surface area contributed by atoms with Gasteiger partial charge in [0.25, 0.3) is 11.5 Å². The van der Waals surface area contributed by atoms with Crippen LogP contribution in [0.5, 0.6) is 0 Å². The third-order valence-electron chi connectivity index (χ3n) is 3.04. The number of β-amino-alcohol motifs (C(OH)–C–C–N with tert-alkyl or cyclic N) is 1. The fourth-order valence-electron chi connectivity index (χ4n) is 1.99. The number of aliphatic hydroxyl groups excluding tert-OH is 1. The van der Waals surface area contributed by atoms with Gasteiger partial charge in [0.15, 0.2) is 0 Å². The van der Waals surface area contributed by atoms with E-state index in [1.807, 2.05) is 0 Å². The summed E-state index contributed by atoms with van der Waals surface area (Å²) in [5, 5.41) is 13.5. The molecule has 1 N–H and O–H groups in total. The Kier molecular flexibility index (Phi) is 4.28. The van der Waals surface area contributed by atoms with Gasteiger partial charge in [-0.15, -0.1) is 0 Å². The maximum atomic E-state index is 12.1. The van der Waals surface area contributed by atoms with Crippen LogP contribution in [0.2, 0.25) is 0 Å². The van der Waals surface area contributed by atoms with Crippen molar-refractivity contribution in [2.24, 2.45) is 0 Å². The van der Waals surface area contributed by atoms with E-state index in [2.05, 4.69) is 5.10 Å². The molecule has 104 valence electrons. The predicted octanol–water partition coefficient (Wildman–Crippen LogP) is -0.903. The summed E-state index contributed by atoms with van der Waals surface area (Å²) in [4.78, 5) is 25.2. The molecule has 19 heavy (non-hydrogen) atoms. The molecule has 1 fully saturated rings. The second-order valence-corrected chi connectivity index (χ2v) is 4.47. The van der Waals surface area contributed by atoms with E-state index in [9.17, 15) is 14.7 Å². The lowest BCUT2D eigenvalue weighted by atomic mass is 10.3. The summed E-state index contributed by atoms with van der Waals surface area (Å²) in [7, 11) is 1.53. The van der Waals surface area contributed by atoms with Crippen LogP contribution in [0.25, 0.3) is 0 Å². The van der Waals surface area contributed by atoms with Crippen molar-refractivity contribution >= 4 is 5.91 Å². The summed E-state index contributed by atoms with van der Waals surface area (Å²) < 4.78 is 6.10. The Balaban J connectivity index is 2.15. The van der Waals surface area contributed by atoms with Crippen LogP contribution < -0.4 is 5.56 Å². The Labute approximate surface area is 110 Å². The summed E-state index contributed by atoms with van der Waals surface area (Å²) >= 11 is 0. The number of carbonyl (C=O) groups excluding carboxylic acids is 1. The van der Waals surface area contributed by atoms with E-state index in [0.717, 1.165) is 0 Å². The van der Waals surface area contributed by atoms with Gasteiger partial charge in [0.2, 0.25) is 0 Å². The molecule has 7 heteroatoms. The highest BCUT2D eigenvalue weighted by Gasteiger charge is 2.26. The van der Waals surface area contributed by atoms with Gasteiger partial charge in [-0.3, -0.25) is 9.59 Å². The van der Waals surface area contributed by atoms with E-state index in [4.69, 9.17) is 4.74 Å². The molecule has 0 aliphatic carbocycles. The maximum Gasteiger partial charge on any atom is 0.274 e. The molecule has 1 amide bonds. The molecule has 2 rings (SSSR count). The summed E-state index contributed by atoms with van der Waals surface area (Å²) in [6.07, 6.45) is 0.109. The van der Waals surface area contributed by atoms with Crippen molar-refractivity contribution in [1.82, 2.24) is 14.7 Å². The van der Waals surface area contributed by atoms with Crippen molar-refractivity contribution in [3.8, 4) is 0 Å². The lowest BCUT2D eigenvalue weighted by molar-refractivity contribution is 0.0755. The smallest absolute Gasteiger partial charge is 0.274 e. The molecule has 0 saturated carbocycles. The van der Waals surface area contributed by atoms with Crippen LogP contribution in [0.4, 0.5) is 0 Å². The van der Waals surface area contributed by atoms with Crippen molar-refractivity contribution in [3.05, 3.63) is 28.2 Å². The molecule has 1 unspecified atom stereocenters. The number of nitrogens with zero attached hydrogens (tertiary/aromatic N) is 3. The minimum Gasteiger partial charge on any atom is -0.391 e. The zero-order valence-electron chi connectivity index (χ0n) is 10.8. The molecule has 1 aromatic heterocycles. The van der Waals surface area contributed by atoms with Crippen LogP contribution in [0, 0.1) is 0 Å². The molecule has 1 aromatic rings. The van der Waals surface area contributed by atoms with Crippen LogP contribution in [-0.2, 0) is 11.3 Å². The molecule has 0 radical (unpaired) electrons. The van der Waals surface area contributed by atoms with Gasteiger partial charge >= 0.3 is 0 Å². The van der Waals surface area contributed by atoms with Gasteiger partial charge in [-0.2, -0.15) is 5.10 Å². The Morgan fingerprint density at radius 3 is 3.00 bits per heavy atom. The molecule has 1 aliphatic heterocycles. The third-order valence-corrected chi connectivity index (χ3v) is 3.04. The number of hydrogen-bond donors (Lipinski definition) is 1. The quantitative estimate of drug-likeness (QED) is 0.764. The fraction of sp³-hybridized carbons (Fsp3) is 0.583. The van der Waals surface area contributed by atoms with Crippen molar-refractivity contribution in [3.63, 3.8) is 0 Å². The molecule has 0 aromatic carbocycles. The zero-order chi connectivity index (χ0) is 13.8. The van der Waals surface area contributed by atoms with Crippen LogP contribution in [-0.4, -0.2) is 58.6 Å². The molecule has 2 heterocycles. The van der Waals surface area contributed by atoms with Gasteiger partial charge in [-0.05, 0) is 12.5 Å². The largest absolute Gasteiger partial charge is 0.391 e. The van der Waals surface area contributed by atoms with E-state index in [0.29, 0.717) is 32.7 Å². The second kappa shape index (κ2) is 5.94. The van der Waals surface area contributed by atoms with Crippen LogP contribution in [0.3, 0.4) is 0 Å². The van der Waals surface area contributed by atoms with Gasteiger partial charge < -0.3 is 14.7 Å². The van der Waals surface area contributed by atoms with Gasteiger partial charge in [0.05, 0.1) is 19.3 Å². The molecule has 0 spiro atoms. The Bertz CT molecular complexity index is 514. The fourth-order valence-corrected chi connectivity index (χ4v) is 1.99. The summed E-state index contributed by atoms with van der Waals surface area (Å²) in [6, 6.07) is 2.74. The summed E-state index contributed by atoms with van der Waals surface area (Å²) in [5.41, 5.74) is -0.0557. The van der Waals surface area contributed by atoms with E-state index in [-0.39, 0.29) is 17.2 Å². The van der Waals surface area contributed by atoms with Gasteiger partial charge in [-0.25, -0.2) is 4.68 Å². The summed E-state index contributed by atoms with van der Waals surface area (Å²) in [5.74, 6) is -0.261. The lowest BCUT2D eigenvalue weighted by Gasteiger charge is -2.15. The highest BCUT2D eigenvalue weighted by atomic mass is 16.5. The number of aliphatic hydroxyl groups is 1. The molecule has 7 nitrogen and oxygen atoms in total. The lowest BCUT2D eigenvalue weighted by Crippen LogP contribution is -2.33. The van der Waals surface area contributed by atoms with E-state index in [1.54, 1.807) is 0 Å². The minimum atomic E-state index is -0.469. The first-order valence-electron chi connectivity index (χ1n) is 6.16. The molecule has 1 aliphatic rings. The summed E-state index contributed by atoms with van der Waals surface area (Å²) in [6.45, 7) is 1.49. The number of methoxy groups -OCH3 is 1. The predicted molar refractivity (Wildman–Crippen MR) is 66.9 cm³/mol. The van der Waals surface area contributed by atoms with Gasteiger partial charge in [-0.1, -0.05) is 0 Å². The van der Waals surface area contributed by atoms with Gasteiger partial charge in [0, 0.05) is 26.3 Å². The van der Waals surface area contributed by atoms with Crippen molar-refractivity contribution in [2.75, 3.05) is 26.8 Å². The van der Waals surface area contributed by atoms with E-state index >= 15 is 0 Å². The second-order valence-electron chi connectivity index (χ2n) is 4.47. The Morgan fingerprint density at radius 1 is 1.58 bits per heavy atom. The first kappa shape index (κ1) is 13.7. The number of amides is 1. The number of rotatable bonds is 4. The first-order chi connectivity index (χ1) is 9.11.